The average Bonchev–Trinajstić information content (AvgIpc) is 2.52. The Bertz CT molecular complexity index is 794. The van der Waals surface area contributed by atoms with Crippen LogP contribution >= 0.6 is 0 Å². The summed E-state index contributed by atoms with van der Waals surface area (Å²) in [6.07, 6.45) is -2.91. The number of anilines is 1. The molecule has 0 fully saturated rings. The van der Waals surface area contributed by atoms with E-state index in [0.29, 0.717) is 11.4 Å². The summed E-state index contributed by atoms with van der Waals surface area (Å²) in [6.45, 7) is 0.255. The number of rotatable bonds is 3. The summed E-state index contributed by atoms with van der Waals surface area (Å²) in [5.41, 5.74) is 0.668. The van der Waals surface area contributed by atoms with E-state index in [1.807, 2.05) is 24.3 Å². The highest BCUT2D eigenvalue weighted by Crippen LogP contribution is 2.29. The van der Waals surface area contributed by atoms with Crippen molar-refractivity contribution in [3.8, 4) is 0 Å². The number of halogens is 3. The third-order valence-electron chi connectivity index (χ3n) is 3.26. The molecule has 3 aromatic rings. The Morgan fingerprint density at radius 1 is 0.955 bits per heavy atom. The zero-order valence-corrected chi connectivity index (χ0v) is 11.4. The predicted octanol–water partition coefficient (Wildman–Crippen LogP) is 4.26. The van der Waals surface area contributed by atoms with E-state index in [1.54, 1.807) is 6.07 Å². The molecule has 1 N–H and O–H groups in total. The molecule has 3 rings (SSSR count). The van der Waals surface area contributed by atoms with E-state index < -0.39 is 11.7 Å². The first kappa shape index (κ1) is 14.3. The van der Waals surface area contributed by atoms with Gasteiger partial charge in [0.05, 0.1) is 11.1 Å². The maximum atomic E-state index is 12.7. The van der Waals surface area contributed by atoms with Crippen molar-refractivity contribution in [2.75, 3.05) is 5.32 Å². The van der Waals surface area contributed by atoms with Gasteiger partial charge in [0.2, 0.25) is 0 Å². The fraction of sp³-hybridized carbons (Fsp3) is 0.125. The number of alkyl halides is 3. The summed E-state index contributed by atoms with van der Waals surface area (Å²) in [7, 11) is 0. The van der Waals surface area contributed by atoms with Gasteiger partial charge in [0.25, 0.3) is 0 Å². The van der Waals surface area contributed by atoms with Crippen LogP contribution in [0, 0.1) is 0 Å². The van der Waals surface area contributed by atoms with Gasteiger partial charge in [0.1, 0.15) is 12.1 Å². The maximum Gasteiger partial charge on any atom is 0.416 e. The lowest BCUT2D eigenvalue weighted by Crippen LogP contribution is -2.07. The number of nitrogens with zero attached hydrogens (tertiary/aromatic N) is 2. The highest BCUT2D eigenvalue weighted by molar-refractivity contribution is 5.88. The van der Waals surface area contributed by atoms with Crippen molar-refractivity contribution >= 4 is 16.7 Å². The van der Waals surface area contributed by atoms with E-state index in [9.17, 15) is 13.2 Å². The lowest BCUT2D eigenvalue weighted by atomic mass is 10.1. The molecule has 1 heterocycles. The van der Waals surface area contributed by atoms with Crippen LogP contribution in [0.4, 0.5) is 19.0 Å². The number of benzene rings is 2. The van der Waals surface area contributed by atoms with Crippen molar-refractivity contribution in [1.82, 2.24) is 9.97 Å². The van der Waals surface area contributed by atoms with Gasteiger partial charge in [0, 0.05) is 11.9 Å². The Labute approximate surface area is 124 Å². The summed E-state index contributed by atoms with van der Waals surface area (Å²) in [4.78, 5) is 8.29. The van der Waals surface area contributed by atoms with Crippen LogP contribution in [0.25, 0.3) is 10.9 Å². The molecule has 0 saturated carbocycles. The monoisotopic (exact) mass is 303 g/mol. The quantitative estimate of drug-likeness (QED) is 0.785. The van der Waals surface area contributed by atoms with E-state index in [-0.39, 0.29) is 6.54 Å². The molecule has 6 heteroatoms. The zero-order valence-electron chi connectivity index (χ0n) is 11.4. The van der Waals surface area contributed by atoms with Gasteiger partial charge in [-0.1, -0.05) is 24.3 Å². The van der Waals surface area contributed by atoms with Gasteiger partial charge in [-0.2, -0.15) is 13.2 Å². The first-order chi connectivity index (χ1) is 10.5. The number of hydrogen-bond acceptors (Lipinski definition) is 3. The predicted molar refractivity (Wildman–Crippen MR) is 78.3 cm³/mol. The van der Waals surface area contributed by atoms with Crippen molar-refractivity contribution in [1.29, 1.82) is 0 Å². The molecule has 0 spiro atoms. The molecule has 1 aromatic heterocycles. The number of para-hydroxylation sites is 1. The molecule has 3 nitrogen and oxygen atoms in total. The van der Waals surface area contributed by atoms with Crippen molar-refractivity contribution in [3.05, 3.63) is 66.0 Å². The second-order valence-electron chi connectivity index (χ2n) is 4.79. The first-order valence-electron chi connectivity index (χ1n) is 6.64. The van der Waals surface area contributed by atoms with Crippen LogP contribution in [0.1, 0.15) is 11.1 Å². The van der Waals surface area contributed by atoms with Crippen molar-refractivity contribution in [2.45, 2.75) is 12.7 Å². The standard InChI is InChI=1S/C16H12F3N3/c17-16(18,19)12-5-3-4-11(8-12)9-20-15-13-6-1-2-7-14(13)21-10-22-15/h1-8,10H,9H2,(H,20,21,22). The summed E-state index contributed by atoms with van der Waals surface area (Å²) in [6, 6.07) is 12.7. The third kappa shape index (κ3) is 3.00. The number of fused-ring (bicyclic) bond motifs is 1. The summed E-state index contributed by atoms with van der Waals surface area (Å²) in [5.74, 6) is 0.600. The first-order valence-corrected chi connectivity index (χ1v) is 6.64. The van der Waals surface area contributed by atoms with Crippen molar-refractivity contribution < 1.29 is 13.2 Å². The van der Waals surface area contributed by atoms with Crippen LogP contribution in [-0.4, -0.2) is 9.97 Å². The molecule has 0 aliphatic carbocycles. The Kier molecular flexibility index (Phi) is 3.66. The Morgan fingerprint density at radius 2 is 1.77 bits per heavy atom. The Hall–Kier alpha value is -2.63. The molecule has 112 valence electrons. The molecule has 0 amide bonds. The molecule has 2 aromatic carbocycles. The fourth-order valence-corrected chi connectivity index (χ4v) is 2.19. The minimum atomic E-state index is -4.34. The smallest absolute Gasteiger partial charge is 0.365 e. The molecule has 0 unspecified atom stereocenters. The highest BCUT2D eigenvalue weighted by atomic mass is 19.4. The number of nitrogens with one attached hydrogen (secondary N) is 1. The second-order valence-corrected chi connectivity index (χ2v) is 4.79. The second kappa shape index (κ2) is 5.63. The van der Waals surface area contributed by atoms with E-state index >= 15 is 0 Å². The average molecular weight is 303 g/mol. The SMILES string of the molecule is FC(F)(F)c1cccc(CNc2ncnc3ccccc23)c1. The van der Waals surface area contributed by atoms with Gasteiger partial charge in [-0.05, 0) is 29.8 Å². The van der Waals surface area contributed by atoms with Crippen LogP contribution in [0.5, 0.6) is 0 Å². The molecule has 0 saturated heterocycles. The molecule has 0 radical (unpaired) electrons. The Balaban J connectivity index is 1.83. The number of aromatic nitrogens is 2. The molecular formula is C16H12F3N3. The van der Waals surface area contributed by atoms with Gasteiger partial charge in [-0.25, -0.2) is 9.97 Å². The van der Waals surface area contributed by atoms with E-state index in [2.05, 4.69) is 15.3 Å². The molecular weight excluding hydrogens is 291 g/mol. The summed E-state index contributed by atoms with van der Waals surface area (Å²) >= 11 is 0. The minimum absolute atomic E-state index is 0.255. The number of hydrogen-bond donors (Lipinski definition) is 1. The van der Waals surface area contributed by atoms with Crippen LogP contribution in [0.3, 0.4) is 0 Å². The molecule has 0 atom stereocenters. The Morgan fingerprint density at radius 3 is 2.59 bits per heavy atom. The molecule has 22 heavy (non-hydrogen) atoms. The van der Waals surface area contributed by atoms with Gasteiger partial charge < -0.3 is 5.32 Å². The maximum absolute atomic E-state index is 12.7. The van der Waals surface area contributed by atoms with Crippen LogP contribution in [-0.2, 0) is 12.7 Å². The van der Waals surface area contributed by atoms with Gasteiger partial charge in [0.15, 0.2) is 0 Å². The van der Waals surface area contributed by atoms with E-state index in [1.165, 1.54) is 12.4 Å². The van der Waals surface area contributed by atoms with Crippen molar-refractivity contribution in [2.24, 2.45) is 0 Å². The molecule has 0 bridgehead atoms. The topological polar surface area (TPSA) is 37.8 Å². The minimum Gasteiger partial charge on any atom is -0.365 e. The third-order valence-corrected chi connectivity index (χ3v) is 3.26. The normalized spacial score (nSPS) is 11.6. The van der Waals surface area contributed by atoms with Crippen LogP contribution in [0.15, 0.2) is 54.9 Å². The van der Waals surface area contributed by atoms with Crippen molar-refractivity contribution in [3.63, 3.8) is 0 Å². The lowest BCUT2D eigenvalue weighted by molar-refractivity contribution is -0.137. The molecule has 0 aliphatic heterocycles. The van der Waals surface area contributed by atoms with Crippen LogP contribution in [0.2, 0.25) is 0 Å². The van der Waals surface area contributed by atoms with Crippen LogP contribution < -0.4 is 5.32 Å². The summed E-state index contributed by atoms with van der Waals surface area (Å²) < 4.78 is 38.1. The van der Waals surface area contributed by atoms with Gasteiger partial charge in [-0.3, -0.25) is 0 Å². The summed E-state index contributed by atoms with van der Waals surface area (Å²) in [5, 5.41) is 3.89. The van der Waals surface area contributed by atoms with Gasteiger partial charge in [-0.15, -0.1) is 0 Å². The van der Waals surface area contributed by atoms with Gasteiger partial charge >= 0.3 is 6.18 Å². The zero-order chi connectivity index (χ0) is 15.6. The lowest BCUT2D eigenvalue weighted by Gasteiger charge is -2.11. The highest BCUT2D eigenvalue weighted by Gasteiger charge is 2.30. The fourth-order valence-electron chi connectivity index (χ4n) is 2.19. The largest absolute Gasteiger partial charge is 0.416 e. The van der Waals surface area contributed by atoms with E-state index in [0.717, 1.165) is 23.0 Å². The van der Waals surface area contributed by atoms with E-state index in [4.69, 9.17) is 0 Å². The molecule has 0 aliphatic rings.